The molecule has 1 atom stereocenters. The van der Waals surface area contributed by atoms with Crippen LogP contribution in [0.1, 0.15) is 38.7 Å². The van der Waals surface area contributed by atoms with Crippen molar-refractivity contribution in [1.29, 1.82) is 0 Å². The van der Waals surface area contributed by atoms with E-state index in [-0.39, 0.29) is 0 Å². The quantitative estimate of drug-likeness (QED) is 0.865. The number of hydrogen-bond donors (Lipinski definition) is 1. The molecule has 3 nitrogen and oxygen atoms in total. The van der Waals surface area contributed by atoms with E-state index in [0.29, 0.717) is 12.8 Å². The SMILES string of the molecule is CCCC(CC)NCc1cc(Br)c2c(c1)OCO2. The molecule has 0 saturated heterocycles. The van der Waals surface area contributed by atoms with Crippen LogP contribution in [0.3, 0.4) is 0 Å². The Labute approximate surface area is 117 Å². The summed E-state index contributed by atoms with van der Waals surface area (Å²) in [5, 5.41) is 3.59. The van der Waals surface area contributed by atoms with Crippen LogP contribution in [0, 0.1) is 0 Å². The Morgan fingerprint density at radius 2 is 2.17 bits per heavy atom. The number of halogens is 1. The predicted octanol–water partition coefficient (Wildman–Crippen LogP) is 3.85. The number of rotatable bonds is 6. The number of nitrogens with one attached hydrogen (secondary N) is 1. The lowest BCUT2D eigenvalue weighted by molar-refractivity contribution is 0.173. The van der Waals surface area contributed by atoms with E-state index in [9.17, 15) is 0 Å². The Balaban J connectivity index is 1.99. The summed E-state index contributed by atoms with van der Waals surface area (Å²) >= 11 is 3.52. The van der Waals surface area contributed by atoms with E-state index in [1.165, 1.54) is 24.8 Å². The molecule has 100 valence electrons. The van der Waals surface area contributed by atoms with Gasteiger partial charge in [0.1, 0.15) is 0 Å². The van der Waals surface area contributed by atoms with Gasteiger partial charge in [0, 0.05) is 12.6 Å². The summed E-state index contributed by atoms with van der Waals surface area (Å²) in [5.41, 5.74) is 1.22. The molecule has 1 aromatic carbocycles. The van der Waals surface area contributed by atoms with Gasteiger partial charge >= 0.3 is 0 Å². The topological polar surface area (TPSA) is 30.5 Å². The molecule has 1 unspecified atom stereocenters. The van der Waals surface area contributed by atoms with E-state index < -0.39 is 0 Å². The first kappa shape index (κ1) is 13.7. The summed E-state index contributed by atoms with van der Waals surface area (Å²) in [6.07, 6.45) is 3.61. The highest BCUT2D eigenvalue weighted by Crippen LogP contribution is 2.39. The van der Waals surface area contributed by atoms with Gasteiger partial charge in [0.25, 0.3) is 0 Å². The lowest BCUT2D eigenvalue weighted by Crippen LogP contribution is -2.27. The minimum atomic E-state index is 0.318. The summed E-state index contributed by atoms with van der Waals surface area (Å²) in [6, 6.07) is 4.75. The first-order valence-corrected chi connectivity index (χ1v) is 7.35. The molecule has 4 heteroatoms. The molecule has 0 amide bonds. The third-order valence-electron chi connectivity index (χ3n) is 3.21. The lowest BCUT2D eigenvalue weighted by atomic mass is 10.1. The molecule has 0 bridgehead atoms. The van der Waals surface area contributed by atoms with E-state index in [0.717, 1.165) is 22.5 Å². The highest BCUT2D eigenvalue weighted by Gasteiger charge is 2.18. The van der Waals surface area contributed by atoms with Gasteiger partial charge in [-0.15, -0.1) is 0 Å². The summed E-state index contributed by atoms with van der Waals surface area (Å²) in [7, 11) is 0. The van der Waals surface area contributed by atoms with E-state index in [4.69, 9.17) is 9.47 Å². The highest BCUT2D eigenvalue weighted by atomic mass is 79.9. The smallest absolute Gasteiger partial charge is 0.231 e. The Hall–Kier alpha value is -0.740. The van der Waals surface area contributed by atoms with Gasteiger partial charge < -0.3 is 14.8 Å². The van der Waals surface area contributed by atoms with Crippen molar-refractivity contribution in [3.63, 3.8) is 0 Å². The van der Waals surface area contributed by atoms with Crippen LogP contribution in [0.4, 0.5) is 0 Å². The normalized spacial score (nSPS) is 14.8. The minimum Gasteiger partial charge on any atom is -0.454 e. The lowest BCUT2D eigenvalue weighted by Gasteiger charge is -2.16. The standard InChI is InChI=1S/C14H20BrNO2/c1-3-5-11(4-2)16-8-10-6-12(15)14-13(7-10)17-9-18-14/h6-7,11,16H,3-5,8-9H2,1-2H3. The van der Waals surface area contributed by atoms with Gasteiger partial charge in [-0.1, -0.05) is 20.3 Å². The van der Waals surface area contributed by atoms with Crippen molar-refractivity contribution in [3.05, 3.63) is 22.2 Å². The molecule has 0 aliphatic carbocycles. The van der Waals surface area contributed by atoms with Gasteiger partial charge in [-0.3, -0.25) is 0 Å². The zero-order valence-corrected chi connectivity index (χ0v) is 12.5. The van der Waals surface area contributed by atoms with Crippen molar-refractivity contribution >= 4 is 15.9 Å². The van der Waals surface area contributed by atoms with Gasteiger partial charge in [-0.25, -0.2) is 0 Å². The zero-order valence-electron chi connectivity index (χ0n) is 11.0. The molecular formula is C14H20BrNO2. The number of ether oxygens (including phenoxy) is 2. The number of hydrogen-bond acceptors (Lipinski definition) is 3. The molecule has 0 radical (unpaired) electrons. The Morgan fingerprint density at radius 1 is 1.33 bits per heavy atom. The third kappa shape index (κ3) is 3.18. The highest BCUT2D eigenvalue weighted by molar-refractivity contribution is 9.10. The maximum Gasteiger partial charge on any atom is 0.231 e. The van der Waals surface area contributed by atoms with Gasteiger partial charge in [-0.05, 0) is 46.5 Å². The van der Waals surface area contributed by atoms with Gasteiger partial charge in [0.15, 0.2) is 11.5 Å². The predicted molar refractivity (Wildman–Crippen MR) is 76.1 cm³/mol. The summed E-state index contributed by atoms with van der Waals surface area (Å²) in [4.78, 5) is 0. The molecule has 1 aromatic rings. The first-order valence-electron chi connectivity index (χ1n) is 6.56. The molecule has 2 rings (SSSR count). The molecule has 0 aromatic heterocycles. The van der Waals surface area contributed by atoms with Crippen LogP contribution in [0.2, 0.25) is 0 Å². The fraction of sp³-hybridized carbons (Fsp3) is 0.571. The van der Waals surface area contributed by atoms with Crippen LogP contribution >= 0.6 is 15.9 Å². The number of benzene rings is 1. The maximum absolute atomic E-state index is 5.42. The van der Waals surface area contributed by atoms with Crippen molar-refractivity contribution in [3.8, 4) is 11.5 Å². The second-order valence-corrected chi connectivity index (χ2v) is 5.44. The average Bonchev–Trinajstić information content (AvgIpc) is 2.83. The van der Waals surface area contributed by atoms with E-state index in [1.807, 2.05) is 0 Å². The zero-order chi connectivity index (χ0) is 13.0. The van der Waals surface area contributed by atoms with Crippen LogP contribution in [0.5, 0.6) is 11.5 Å². The molecule has 18 heavy (non-hydrogen) atoms. The van der Waals surface area contributed by atoms with Crippen LogP contribution in [-0.2, 0) is 6.54 Å². The first-order chi connectivity index (χ1) is 8.74. The molecule has 1 aliphatic heterocycles. The molecule has 0 fully saturated rings. The Morgan fingerprint density at radius 3 is 2.89 bits per heavy atom. The summed E-state index contributed by atoms with van der Waals surface area (Å²) in [5.74, 6) is 1.66. The summed E-state index contributed by atoms with van der Waals surface area (Å²) in [6.45, 7) is 5.64. The van der Waals surface area contributed by atoms with E-state index in [1.54, 1.807) is 0 Å². The molecule has 0 saturated carbocycles. The van der Waals surface area contributed by atoms with Crippen molar-refractivity contribution in [2.24, 2.45) is 0 Å². The molecular weight excluding hydrogens is 294 g/mol. The van der Waals surface area contributed by atoms with Gasteiger partial charge in [0.2, 0.25) is 6.79 Å². The largest absolute Gasteiger partial charge is 0.454 e. The van der Waals surface area contributed by atoms with E-state index in [2.05, 4.69) is 47.2 Å². The van der Waals surface area contributed by atoms with Gasteiger partial charge in [0.05, 0.1) is 4.47 Å². The maximum atomic E-state index is 5.42. The van der Waals surface area contributed by atoms with Crippen molar-refractivity contribution in [2.75, 3.05) is 6.79 Å². The average molecular weight is 314 g/mol. The molecule has 1 heterocycles. The summed E-state index contributed by atoms with van der Waals surface area (Å²) < 4.78 is 11.8. The van der Waals surface area contributed by atoms with Crippen molar-refractivity contribution < 1.29 is 9.47 Å². The van der Waals surface area contributed by atoms with Crippen molar-refractivity contribution in [2.45, 2.75) is 45.7 Å². The van der Waals surface area contributed by atoms with Crippen LogP contribution in [0.15, 0.2) is 16.6 Å². The minimum absolute atomic E-state index is 0.318. The molecule has 1 N–H and O–H groups in total. The number of fused-ring (bicyclic) bond motifs is 1. The fourth-order valence-electron chi connectivity index (χ4n) is 2.18. The Kier molecular flexibility index (Phi) is 4.89. The second-order valence-electron chi connectivity index (χ2n) is 4.59. The second kappa shape index (κ2) is 6.43. The van der Waals surface area contributed by atoms with Crippen LogP contribution < -0.4 is 14.8 Å². The molecule has 1 aliphatic rings. The Bertz CT molecular complexity index is 409. The van der Waals surface area contributed by atoms with E-state index >= 15 is 0 Å². The van der Waals surface area contributed by atoms with Crippen molar-refractivity contribution in [1.82, 2.24) is 5.32 Å². The third-order valence-corrected chi connectivity index (χ3v) is 3.80. The molecule has 0 spiro atoms. The van der Waals surface area contributed by atoms with Crippen LogP contribution in [-0.4, -0.2) is 12.8 Å². The van der Waals surface area contributed by atoms with Gasteiger partial charge in [-0.2, -0.15) is 0 Å². The fourth-order valence-corrected chi connectivity index (χ4v) is 2.79. The van der Waals surface area contributed by atoms with Crippen LogP contribution in [0.25, 0.3) is 0 Å². The monoisotopic (exact) mass is 313 g/mol.